The van der Waals surface area contributed by atoms with Crippen molar-refractivity contribution in [1.82, 2.24) is 9.62 Å². The van der Waals surface area contributed by atoms with E-state index in [1.54, 1.807) is 0 Å². The number of benzene rings is 1. The van der Waals surface area contributed by atoms with Crippen LogP contribution < -0.4 is 4.72 Å². The number of aryl methyl sites for hydroxylation is 1. The van der Waals surface area contributed by atoms with Gasteiger partial charge in [-0.15, -0.1) is 0 Å². The van der Waals surface area contributed by atoms with Crippen molar-refractivity contribution in [3.63, 3.8) is 0 Å². The van der Waals surface area contributed by atoms with Crippen molar-refractivity contribution in [2.45, 2.75) is 57.7 Å². The molecule has 1 heterocycles. The normalized spacial score (nSPS) is 19.8. The Kier molecular flexibility index (Phi) is 7.06. The van der Waals surface area contributed by atoms with E-state index >= 15 is 0 Å². The van der Waals surface area contributed by atoms with Crippen LogP contribution in [0.5, 0.6) is 0 Å². The molecule has 5 heteroatoms. The zero-order chi connectivity index (χ0) is 16.7. The van der Waals surface area contributed by atoms with E-state index in [1.165, 1.54) is 25.7 Å². The average Bonchev–Trinajstić information content (AvgIpc) is 2.51. The minimum absolute atomic E-state index is 0.0655. The van der Waals surface area contributed by atoms with Gasteiger partial charge in [0.15, 0.2) is 0 Å². The van der Waals surface area contributed by atoms with E-state index in [4.69, 9.17) is 0 Å². The number of nitrogens with one attached hydrogen (secondary N) is 1. The van der Waals surface area contributed by atoms with Crippen molar-refractivity contribution in [2.75, 3.05) is 19.6 Å². The number of nitrogens with zero attached hydrogens (tertiary/aromatic N) is 1. The number of likely N-dealkylation sites (tertiary alicyclic amines) is 1. The first-order valence-electron chi connectivity index (χ1n) is 8.77. The third-order valence-corrected chi connectivity index (χ3v) is 5.96. The zero-order valence-corrected chi connectivity index (χ0v) is 15.2. The molecule has 1 fully saturated rings. The summed E-state index contributed by atoms with van der Waals surface area (Å²) in [7, 11) is -3.24. The molecule has 0 saturated carbocycles. The Balaban J connectivity index is 1.74. The largest absolute Gasteiger partial charge is 0.300 e. The Hall–Kier alpha value is -0.910. The fourth-order valence-electron chi connectivity index (χ4n) is 3.40. The minimum atomic E-state index is -3.24. The maximum atomic E-state index is 12.2. The molecule has 0 aliphatic carbocycles. The lowest BCUT2D eigenvalue weighted by atomic mass is 10.00. The quantitative estimate of drug-likeness (QED) is 0.741. The summed E-state index contributed by atoms with van der Waals surface area (Å²) in [6, 6.07) is 8.37. The van der Waals surface area contributed by atoms with Crippen molar-refractivity contribution < 1.29 is 8.42 Å². The molecule has 0 bridgehead atoms. The van der Waals surface area contributed by atoms with Crippen LogP contribution in [0, 0.1) is 6.92 Å². The van der Waals surface area contributed by atoms with E-state index in [0.717, 1.165) is 30.6 Å². The predicted octanol–water partition coefficient (Wildman–Crippen LogP) is 3.07. The first-order valence-corrected chi connectivity index (χ1v) is 10.4. The van der Waals surface area contributed by atoms with Crippen LogP contribution in [0.2, 0.25) is 0 Å². The molecule has 130 valence electrons. The van der Waals surface area contributed by atoms with Crippen LogP contribution in [0.1, 0.15) is 50.2 Å². The Morgan fingerprint density at radius 3 is 2.87 bits per heavy atom. The number of hydrogen-bond acceptors (Lipinski definition) is 3. The summed E-state index contributed by atoms with van der Waals surface area (Å²) in [4.78, 5) is 2.53. The molecule has 1 aromatic carbocycles. The molecule has 1 aliphatic heterocycles. The molecule has 0 unspecified atom stereocenters. The highest BCUT2D eigenvalue weighted by Crippen LogP contribution is 2.19. The Labute approximate surface area is 141 Å². The number of piperidine rings is 1. The third kappa shape index (κ3) is 6.24. The van der Waals surface area contributed by atoms with Crippen molar-refractivity contribution in [3.8, 4) is 0 Å². The highest BCUT2D eigenvalue weighted by atomic mass is 32.2. The minimum Gasteiger partial charge on any atom is -0.300 e. The van der Waals surface area contributed by atoms with Gasteiger partial charge in [0.05, 0.1) is 5.75 Å². The molecule has 0 radical (unpaired) electrons. The van der Waals surface area contributed by atoms with Crippen molar-refractivity contribution in [2.24, 2.45) is 0 Å². The van der Waals surface area contributed by atoms with Crippen LogP contribution in [0.15, 0.2) is 24.3 Å². The fourth-order valence-corrected chi connectivity index (χ4v) is 4.57. The lowest BCUT2D eigenvalue weighted by Gasteiger charge is -2.35. The van der Waals surface area contributed by atoms with Gasteiger partial charge in [-0.1, -0.05) is 43.2 Å². The first kappa shape index (κ1) is 18.4. The molecular weight excluding hydrogens is 308 g/mol. The van der Waals surface area contributed by atoms with Crippen LogP contribution in [0.25, 0.3) is 0 Å². The average molecular weight is 339 g/mol. The van der Waals surface area contributed by atoms with Gasteiger partial charge in [0.2, 0.25) is 10.0 Å². The summed E-state index contributed by atoms with van der Waals surface area (Å²) in [5, 5.41) is 0. The van der Waals surface area contributed by atoms with Crippen LogP contribution in [-0.2, 0) is 15.8 Å². The number of sulfonamides is 1. The summed E-state index contributed by atoms with van der Waals surface area (Å²) in [6.07, 6.45) is 5.96. The van der Waals surface area contributed by atoms with E-state index < -0.39 is 10.0 Å². The summed E-state index contributed by atoms with van der Waals surface area (Å²) in [6.45, 7) is 6.90. The molecule has 1 N–H and O–H groups in total. The second kappa shape index (κ2) is 8.81. The molecule has 1 atom stereocenters. The van der Waals surface area contributed by atoms with Crippen LogP contribution in [-0.4, -0.2) is 39.0 Å². The Morgan fingerprint density at radius 2 is 2.13 bits per heavy atom. The van der Waals surface area contributed by atoms with E-state index in [0.29, 0.717) is 12.6 Å². The van der Waals surface area contributed by atoms with Gasteiger partial charge in [-0.3, -0.25) is 0 Å². The molecular formula is C18H30N2O2S. The summed E-state index contributed by atoms with van der Waals surface area (Å²) in [5.41, 5.74) is 1.94. The van der Waals surface area contributed by atoms with Crippen molar-refractivity contribution >= 4 is 10.0 Å². The molecule has 4 nitrogen and oxygen atoms in total. The highest BCUT2D eigenvalue weighted by molar-refractivity contribution is 7.88. The van der Waals surface area contributed by atoms with Crippen LogP contribution in [0.4, 0.5) is 0 Å². The van der Waals surface area contributed by atoms with Gasteiger partial charge < -0.3 is 4.90 Å². The predicted molar refractivity (Wildman–Crippen MR) is 95.9 cm³/mol. The SMILES string of the molecule is CC[C@H]1CCCCN1CCCNS(=O)(=O)Cc1cccc(C)c1. The third-order valence-electron chi connectivity index (χ3n) is 4.60. The van der Waals surface area contributed by atoms with Crippen LogP contribution >= 0.6 is 0 Å². The maximum absolute atomic E-state index is 12.2. The molecule has 1 saturated heterocycles. The zero-order valence-electron chi connectivity index (χ0n) is 14.4. The molecule has 23 heavy (non-hydrogen) atoms. The van der Waals surface area contributed by atoms with Gasteiger partial charge in [0, 0.05) is 12.6 Å². The number of hydrogen-bond donors (Lipinski definition) is 1. The Bertz CT molecular complexity index is 586. The van der Waals surface area contributed by atoms with Gasteiger partial charge in [-0.05, 0) is 51.3 Å². The first-order chi connectivity index (χ1) is 11.0. The maximum Gasteiger partial charge on any atom is 0.215 e. The molecule has 0 amide bonds. The fraction of sp³-hybridized carbons (Fsp3) is 0.667. The standard InChI is InChI=1S/C18H30N2O2S/c1-3-18-10-4-5-12-20(18)13-7-11-19-23(21,22)15-17-9-6-8-16(2)14-17/h6,8-9,14,18-19H,3-5,7,10-13,15H2,1-2H3/t18-/m0/s1. The lowest BCUT2D eigenvalue weighted by molar-refractivity contribution is 0.143. The van der Waals surface area contributed by atoms with Gasteiger partial charge in [0.1, 0.15) is 0 Å². The van der Waals surface area contributed by atoms with Gasteiger partial charge in [-0.2, -0.15) is 0 Å². The monoisotopic (exact) mass is 338 g/mol. The van der Waals surface area contributed by atoms with E-state index in [2.05, 4.69) is 16.5 Å². The van der Waals surface area contributed by atoms with Crippen molar-refractivity contribution in [3.05, 3.63) is 35.4 Å². The number of rotatable bonds is 8. The molecule has 0 spiro atoms. The smallest absolute Gasteiger partial charge is 0.215 e. The second-order valence-electron chi connectivity index (χ2n) is 6.59. The molecule has 1 aliphatic rings. The van der Waals surface area contributed by atoms with Gasteiger partial charge >= 0.3 is 0 Å². The van der Waals surface area contributed by atoms with Crippen molar-refractivity contribution in [1.29, 1.82) is 0 Å². The summed E-state index contributed by atoms with van der Waals surface area (Å²) >= 11 is 0. The van der Waals surface area contributed by atoms with Crippen LogP contribution in [0.3, 0.4) is 0 Å². The summed E-state index contributed by atoms with van der Waals surface area (Å²) < 4.78 is 27.1. The molecule has 2 rings (SSSR count). The molecule has 1 aromatic rings. The summed E-state index contributed by atoms with van der Waals surface area (Å²) in [5.74, 6) is 0.0655. The van der Waals surface area contributed by atoms with E-state index in [-0.39, 0.29) is 5.75 Å². The van der Waals surface area contributed by atoms with Gasteiger partial charge in [-0.25, -0.2) is 13.1 Å². The molecule has 0 aromatic heterocycles. The highest BCUT2D eigenvalue weighted by Gasteiger charge is 2.20. The second-order valence-corrected chi connectivity index (χ2v) is 8.40. The Morgan fingerprint density at radius 1 is 1.30 bits per heavy atom. The van der Waals surface area contributed by atoms with E-state index in [1.807, 2.05) is 31.2 Å². The topological polar surface area (TPSA) is 49.4 Å². The van der Waals surface area contributed by atoms with Gasteiger partial charge in [0.25, 0.3) is 0 Å². The lowest BCUT2D eigenvalue weighted by Crippen LogP contribution is -2.40. The van der Waals surface area contributed by atoms with E-state index in [9.17, 15) is 8.42 Å².